The Hall–Kier alpha value is -1.36. The predicted octanol–water partition coefficient (Wildman–Crippen LogP) is 0.891. The standard InChI is InChI=1S/C13H19N5O2S.HI/c1-9-3-4-10(21-9)7-16-12(14-2)15-5-6-18-11(19)8-17-13(18)20;/h3-4H,5-8H2,1-2H3,(H,17,20)(H2,14,15,16);1H. The van der Waals surface area contributed by atoms with Gasteiger partial charge in [0, 0.05) is 29.9 Å². The summed E-state index contributed by atoms with van der Waals surface area (Å²) in [5, 5.41) is 8.76. The zero-order valence-corrected chi connectivity index (χ0v) is 15.7. The summed E-state index contributed by atoms with van der Waals surface area (Å²) in [4.78, 5) is 30.6. The maximum absolute atomic E-state index is 11.4. The van der Waals surface area contributed by atoms with Crippen molar-refractivity contribution < 1.29 is 9.59 Å². The second kappa shape index (κ2) is 8.93. The van der Waals surface area contributed by atoms with Gasteiger partial charge in [0.2, 0.25) is 5.91 Å². The largest absolute Gasteiger partial charge is 0.355 e. The van der Waals surface area contributed by atoms with Crippen molar-refractivity contribution in [3.63, 3.8) is 0 Å². The number of halogens is 1. The third-order valence-electron chi connectivity index (χ3n) is 3.01. The van der Waals surface area contributed by atoms with Crippen LogP contribution < -0.4 is 16.0 Å². The SMILES string of the molecule is CN=C(NCCN1C(=O)CNC1=O)NCc1ccc(C)s1.I. The van der Waals surface area contributed by atoms with Gasteiger partial charge in [-0.2, -0.15) is 0 Å². The number of nitrogens with zero attached hydrogens (tertiary/aromatic N) is 2. The Kier molecular flexibility index (Phi) is 7.59. The van der Waals surface area contributed by atoms with Gasteiger partial charge in [-0.25, -0.2) is 4.79 Å². The molecule has 1 saturated heterocycles. The van der Waals surface area contributed by atoms with Crippen LogP contribution in [0.25, 0.3) is 0 Å². The first-order valence-electron chi connectivity index (χ1n) is 6.68. The number of amides is 3. The maximum atomic E-state index is 11.4. The molecule has 0 aromatic carbocycles. The van der Waals surface area contributed by atoms with Gasteiger partial charge in [-0.1, -0.05) is 0 Å². The molecular formula is C13H20IN5O2S. The van der Waals surface area contributed by atoms with Crippen LogP contribution in [0.3, 0.4) is 0 Å². The Morgan fingerprint density at radius 1 is 1.41 bits per heavy atom. The number of aliphatic imine (C=N–C) groups is 1. The van der Waals surface area contributed by atoms with Gasteiger partial charge in [0.1, 0.15) is 0 Å². The lowest BCUT2D eigenvalue weighted by Crippen LogP contribution is -2.42. The maximum Gasteiger partial charge on any atom is 0.324 e. The first kappa shape index (κ1) is 18.7. The van der Waals surface area contributed by atoms with Crippen LogP contribution >= 0.6 is 35.3 Å². The molecule has 2 heterocycles. The first-order chi connectivity index (χ1) is 10.1. The van der Waals surface area contributed by atoms with E-state index in [1.165, 1.54) is 14.7 Å². The number of nitrogens with one attached hydrogen (secondary N) is 3. The number of rotatable bonds is 5. The highest BCUT2D eigenvalue weighted by atomic mass is 127. The number of carbonyl (C=O) groups is 2. The Labute approximate surface area is 150 Å². The van der Waals surface area contributed by atoms with E-state index >= 15 is 0 Å². The molecule has 0 unspecified atom stereocenters. The molecule has 1 aromatic rings. The van der Waals surface area contributed by atoms with Crippen LogP contribution in [-0.4, -0.2) is 49.5 Å². The van der Waals surface area contributed by atoms with E-state index in [1.54, 1.807) is 18.4 Å². The number of imide groups is 1. The number of thiophene rings is 1. The van der Waals surface area contributed by atoms with E-state index in [0.717, 1.165) is 0 Å². The van der Waals surface area contributed by atoms with Gasteiger partial charge in [-0.05, 0) is 19.1 Å². The zero-order chi connectivity index (χ0) is 15.2. The summed E-state index contributed by atoms with van der Waals surface area (Å²) >= 11 is 1.73. The van der Waals surface area contributed by atoms with Crippen LogP contribution in [0.15, 0.2) is 17.1 Å². The molecule has 3 N–H and O–H groups in total. The van der Waals surface area contributed by atoms with Gasteiger partial charge in [0.25, 0.3) is 0 Å². The fourth-order valence-corrected chi connectivity index (χ4v) is 2.77. The fourth-order valence-electron chi connectivity index (χ4n) is 1.94. The second-order valence-electron chi connectivity index (χ2n) is 4.57. The van der Waals surface area contributed by atoms with Crippen LogP contribution in [0.4, 0.5) is 4.79 Å². The molecule has 9 heteroatoms. The number of carbonyl (C=O) groups excluding carboxylic acids is 2. The highest BCUT2D eigenvalue weighted by Gasteiger charge is 2.27. The van der Waals surface area contributed by atoms with Crippen molar-refractivity contribution in [2.45, 2.75) is 13.5 Å². The molecule has 1 aromatic heterocycles. The summed E-state index contributed by atoms with van der Waals surface area (Å²) in [6.45, 7) is 3.63. The van der Waals surface area contributed by atoms with E-state index < -0.39 is 0 Å². The summed E-state index contributed by atoms with van der Waals surface area (Å²) in [6, 6.07) is 3.82. The molecule has 1 aliphatic rings. The lowest BCUT2D eigenvalue weighted by molar-refractivity contribution is -0.124. The van der Waals surface area contributed by atoms with Gasteiger partial charge < -0.3 is 16.0 Å². The Morgan fingerprint density at radius 3 is 2.73 bits per heavy atom. The van der Waals surface area contributed by atoms with Gasteiger partial charge >= 0.3 is 6.03 Å². The van der Waals surface area contributed by atoms with Gasteiger partial charge in [0.05, 0.1) is 13.1 Å². The van der Waals surface area contributed by atoms with Crippen molar-refractivity contribution in [2.75, 3.05) is 26.7 Å². The third-order valence-corrected chi connectivity index (χ3v) is 4.02. The molecule has 1 fully saturated rings. The summed E-state index contributed by atoms with van der Waals surface area (Å²) in [5.41, 5.74) is 0. The van der Waals surface area contributed by atoms with E-state index in [9.17, 15) is 9.59 Å². The molecule has 1 aliphatic heterocycles. The van der Waals surface area contributed by atoms with E-state index in [4.69, 9.17) is 0 Å². The van der Waals surface area contributed by atoms with Crippen molar-refractivity contribution in [3.8, 4) is 0 Å². The topological polar surface area (TPSA) is 85.8 Å². The normalized spacial score (nSPS) is 14.6. The molecule has 0 aliphatic carbocycles. The van der Waals surface area contributed by atoms with Gasteiger partial charge in [-0.15, -0.1) is 35.3 Å². The molecular weight excluding hydrogens is 417 g/mol. The quantitative estimate of drug-likeness (QED) is 0.277. The van der Waals surface area contributed by atoms with E-state index in [1.807, 2.05) is 0 Å². The van der Waals surface area contributed by atoms with Crippen molar-refractivity contribution in [3.05, 3.63) is 21.9 Å². The first-order valence-corrected chi connectivity index (χ1v) is 7.50. The Bertz CT molecular complexity index is 544. The average Bonchev–Trinajstić information content (AvgIpc) is 3.02. The molecule has 0 spiro atoms. The van der Waals surface area contributed by atoms with Crippen molar-refractivity contribution >= 4 is 53.2 Å². The number of urea groups is 1. The highest BCUT2D eigenvalue weighted by Crippen LogP contribution is 2.14. The molecule has 3 amide bonds. The van der Waals surface area contributed by atoms with Crippen molar-refractivity contribution in [2.24, 2.45) is 4.99 Å². The lowest BCUT2D eigenvalue weighted by Gasteiger charge is -2.15. The van der Waals surface area contributed by atoms with Crippen molar-refractivity contribution in [1.29, 1.82) is 0 Å². The smallest absolute Gasteiger partial charge is 0.324 e. The molecule has 0 bridgehead atoms. The molecule has 2 rings (SSSR count). The molecule has 0 radical (unpaired) electrons. The summed E-state index contributed by atoms with van der Waals surface area (Å²) < 4.78 is 0. The van der Waals surface area contributed by atoms with Gasteiger partial charge in [-0.3, -0.25) is 14.7 Å². The highest BCUT2D eigenvalue weighted by molar-refractivity contribution is 14.0. The van der Waals surface area contributed by atoms with Crippen LogP contribution in [0.5, 0.6) is 0 Å². The van der Waals surface area contributed by atoms with Crippen LogP contribution in [0.2, 0.25) is 0 Å². The average molecular weight is 437 g/mol. The lowest BCUT2D eigenvalue weighted by atomic mass is 10.4. The molecule has 0 saturated carbocycles. The fraction of sp³-hybridized carbons (Fsp3) is 0.462. The molecule has 122 valence electrons. The summed E-state index contributed by atoms with van der Waals surface area (Å²) in [7, 11) is 1.68. The van der Waals surface area contributed by atoms with E-state index in [2.05, 4.69) is 40.0 Å². The second-order valence-corrected chi connectivity index (χ2v) is 5.94. The van der Waals surface area contributed by atoms with Crippen LogP contribution in [0.1, 0.15) is 9.75 Å². The Morgan fingerprint density at radius 2 is 2.18 bits per heavy atom. The van der Waals surface area contributed by atoms with Crippen LogP contribution in [-0.2, 0) is 11.3 Å². The zero-order valence-electron chi connectivity index (χ0n) is 12.5. The molecule has 7 nitrogen and oxygen atoms in total. The summed E-state index contributed by atoms with van der Waals surface area (Å²) in [6.07, 6.45) is 0. The minimum Gasteiger partial charge on any atom is -0.355 e. The van der Waals surface area contributed by atoms with E-state index in [0.29, 0.717) is 25.6 Å². The van der Waals surface area contributed by atoms with Crippen LogP contribution in [0, 0.1) is 6.92 Å². The Balaban J connectivity index is 0.00000242. The van der Waals surface area contributed by atoms with E-state index in [-0.39, 0.29) is 42.5 Å². The minimum atomic E-state index is -0.334. The predicted molar refractivity (Wildman–Crippen MR) is 97.8 cm³/mol. The number of hydrogen-bond donors (Lipinski definition) is 3. The monoisotopic (exact) mass is 437 g/mol. The number of aryl methyl sites for hydroxylation is 1. The minimum absolute atomic E-state index is 0. The van der Waals surface area contributed by atoms with Crippen molar-refractivity contribution in [1.82, 2.24) is 20.9 Å². The summed E-state index contributed by atoms with van der Waals surface area (Å²) in [5.74, 6) is 0.451. The third kappa shape index (κ3) is 5.13. The van der Waals surface area contributed by atoms with Gasteiger partial charge in [0.15, 0.2) is 5.96 Å². The number of hydrogen-bond acceptors (Lipinski definition) is 4. The molecule has 0 atom stereocenters. The number of guanidine groups is 1. The molecule has 22 heavy (non-hydrogen) atoms.